The Morgan fingerprint density at radius 3 is 2.83 bits per heavy atom. The number of rotatable bonds is 3. The van der Waals surface area contributed by atoms with E-state index in [0.29, 0.717) is 10.0 Å². The first kappa shape index (κ1) is 12.5. The molecule has 0 aliphatic carbocycles. The number of hydrogen-bond donors (Lipinski definition) is 2. The third-order valence-electron chi connectivity index (χ3n) is 2.11. The summed E-state index contributed by atoms with van der Waals surface area (Å²) >= 11 is 6.97. The number of halogens is 1. The van der Waals surface area contributed by atoms with Gasteiger partial charge in [-0.3, -0.25) is 14.6 Å². The van der Waals surface area contributed by atoms with Crippen LogP contribution in [0.5, 0.6) is 0 Å². The van der Waals surface area contributed by atoms with Gasteiger partial charge in [-0.05, 0) is 23.6 Å². The summed E-state index contributed by atoms with van der Waals surface area (Å²) in [5, 5.41) is 5.05. The van der Waals surface area contributed by atoms with E-state index in [0.717, 1.165) is 0 Å². The molecule has 2 heterocycles. The van der Waals surface area contributed by atoms with Crippen molar-refractivity contribution in [2.24, 2.45) is 5.73 Å². The van der Waals surface area contributed by atoms with Crippen LogP contribution in [0.15, 0.2) is 29.8 Å². The third-order valence-corrected chi connectivity index (χ3v) is 3.18. The first-order chi connectivity index (χ1) is 8.58. The molecular formula is C11H8ClN3O2S. The van der Waals surface area contributed by atoms with Crippen LogP contribution in [0, 0.1) is 0 Å². The molecule has 0 spiro atoms. The Kier molecular flexibility index (Phi) is 3.59. The highest BCUT2D eigenvalue weighted by atomic mass is 35.5. The van der Waals surface area contributed by atoms with E-state index in [2.05, 4.69) is 10.3 Å². The van der Waals surface area contributed by atoms with Crippen LogP contribution in [0.3, 0.4) is 0 Å². The Hall–Kier alpha value is -1.92. The van der Waals surface area contributed by atoms with Crippen molar-refractivity contribution in [3.8, 4) is 0 Å². The van der Waals surface area contributed by atoms with Gasteiger partial charge >= 0.3 is 0 Å². The molecule has 18 heavy (non-hydrogen) atoms. The smallest absolute Gasteiger partial charge is 0.274 e. The molecule has 0 bridgehead atoms. The maximum atomic E-state index is 11.9. The van der Waals surface area contributed by atoms with E-state index in [1.165, 1.54) is 23.6 Å². The molecule has 0 aliphatic heterocycles. The van der Waals surface area contributed by atoms with Gasteiger partial charge in [0, 0.05) is 11.2 Å². The van der Waals surface area contributed by atoms with Crippen molar-refractivity contribution in [3.63, 3.8) is 0 Å². The molecule has 2 aromatic rings. The molecular weight excluding hydrogens is 274 g/mol. The molecule has 0 radical (unpaired) electrons. The van der Waals surface area contributed by atoms with Gasteiger partial charge in [-0.2, -0.15) is 0 Å². The lowest BCUT2D eigenvalue weighted by atomic mass is 10.3. The summed E-state index contributed by atoms with van der Waals surface area (Å²) in [6.07, 6.45) is 1.43. The molecule has 0 aliphatic rings. The lowest BCUT2D eigenvalue weighted by Gasteiger charge is -2.04. The van der Waals surface area contributed by atoms with Crippen LogP contribution in [0.1, 0.15) is 20.8 Å². The van der Waals surface area contributed by atoms with Gasteiger partial charge in [0.2, 0.25) is 0 Å². The second-order valence-electron chi connectivity index (χ2n) is 3.34. The van der Waals surface area contributed by atoms with E-state index in [1.54, 1.807) is 17.5 Å². The predicted molar refractivity (Wildman–Crippen MR) is 70.0 cm³/mol. The minimum atomic E-state index is -0.592. The molecule has 7 heteroatoms. The molecule has 0 fully saturated rings. The Bertz CT molecular complexity index is 612. The number of aromatic nitrogens is 1. The number of amides is 2. The van der Waals surface area contributed by atoms with Crippen molar-refractivity contribution < 1.29 is 9.59 Å². The predicted octanol–water partition coefficient (Wildman–Crippen LogP) is 2.15. The van der Waals surface area contributed by atoms with Crippen molar-refractivity contribution in [2.45, 2.75) is 0 Å². The Balaban J connectivity index is 2.21. The molecule has 0 unspecified atom stereocenters. The average molecular weight is 282 g/mol. The second-order valence-corrected chi connectivity index (χ2v) is 4.69. The largest absolute Gasteiger partial charge is 0.366 e. The van der Waals surface area contributed by atoms with Crippen molar-refractivity contribution in [1.29, 1.82) is 0 Å². The van der Waals surface area contributed by atoms with Crippen LogP contribution < -0.4 is 11.1 Å². The van der Waals surface area contributed by atoms with E-state index >= 15 is 0 Å². The van der Waals surface area contributed by atoms with Gasteiger partial charge in [-0.1, -0.05) is 11.6 Å². The fraction of sp³-hybridized carbons (Fsp3) is 0. The fourth-order valence-corrected chi connectivity index (χ4v) is 2.24. The molecule has 0 saturated carbocycles. The maximum Gasteiger partial charge on any atom is 0.274 e. The van der Waals surface area contributed by atoms with Crippen molar-refractivity contribution in [1.82, 2.24) is 4.98 Å². The number of pyridine rings is 1. The number of carbonyl (C=O) groups excluding carboxylic acids is 2. The fourth-order valence-electron chi connectivity index (χ4n) is 1.30. The number of hydrogen-bond acceptors (Lipinski definition) is 4. The highest BCUT2D eigenvalue weighted by Gasteiger charge is 2.14. The molecule has 5 nitrogen and oxygen atoms in total. The standard InChI is InChI=1S/C11H8ClN3O2S/c12-6-1-3-14-8(5-6)10(17)15-11-7(9(13)16)2-4-18-11/h1-5H,(H2,13,16)(H,15,17). The number of primary amides is 1. The average Bonchev–Trinajstić information content (AvgIpc) is 2.77. The summed E-state index contributed by atoms with van der Waals surface area (Å²) in [5.74, 6) is -1.03. The number of anilines is 1. The van der Waals surface area contributed by atoms with Crippen LogP contribution >= 0.6 is 22.9 Å². The van der Waals surface area contributed by atoms with Gasteiger partial charge in [0.1, 0.15) is 10.7 Å². The molecule has 0 saturated heterocycles. The zero-order valence-electron chi connectivity index (χ0n) is 9.01. The van der Waals surface area contributed by atoms with E-state index in [1.807, 2.05) is 0 Å². The number of nitrogens with zero attached hydrogens (tertiary/aromatic N) is 1. The zero-order valence-corrected chi connectivity index (χ0v) is 10.6. The monoisotopic (exact) mass is 281 g/mol. The summed E-state index contributed by atoms with van der Waals surface area (Å²) in [7, 11) is 0. The summed E-state index contributed by atoms with van der Waals surface area (Å²) in [6, 6.07) is 4.56. The lowest BCUT2D eigenvalue weighted by Crippen LogP contribution is -2.17. The van der Waals surface area contributed by atoms with E-state index in [9.17, 15) is 9.59 Å². The number of nitrogens with two attached hydrogens (primary N) is 1. The van der Waals surface area contributed by atoms with Gasteiger partial charge < -0.3 is 11.1 Å². The van der Waals surface area contributed by atoms with Crippen LogP contribution in [0.4, 0.5) is 5.00 Å². The topological polar surface area (TPSA) is 85.1 Å². The van der Waals surface area contributed by atoms with Crippen LogP contribution in [-0.4, -0.2) is 16.8 Å². The quantitative estimate of drug-likeness (QED) is 0.904. The molecule has 0 atom stereocenters. The number of nitrogens with one attached hydrogen (secondary N) is 1. The second kappa shape index (κ2) is 5.16. The number of carbonyl (C=O) groups is 2. The third kappa shape index (κ3) is 2.66. The van der Waals surface area contributed by atoms with Crippen molar-refractivity contribution in [3.05, 3.63) is 46.1 Å². The van der Waals surface area contributed by atoms with Gasteiger partial charge in [0.25, 0.3) is 11.8 Å². The molecule has 0 aromatic carbocycles. The Morgan fingerprint density at radius 2 is 2.17 bits per heavy atom. The first-order valence-electron chi connectivity index (χ1n) is 4.88. The van der Waals surface area contributed by atoms with Crippen LogP contribution in [-0.2, 0) is 0 Å². The molecule has 3 N–H and O–H groups in total. The minimum Gasteiger partial charge on any atom is -0.366 e. The highest BCUT2D eigenvalue weighted by molar-refractivity contribution is 7.14. The van der Waals surface area contributed by atoms with Crippen LogP contribution in [0.25, 0.3) is 0 Å². The molecule has 2 rings (SSSR count). The zero-order chi connectivity index (χ0) is 13.1. The maximum absolute atomic E-state index is 11.9. The normalized spacial score (nSPS) is 10.1. The summed E-state index contributed by atoms with van der Waals surface area (Å²) in [6.45, 7) is 0. The van der Waals surface area contributed by atoms with Gasteiger partial charge in [0.15, 0.2) is 0 Å². The summed E-state index contributed by atoms with van der Waals surface area (Å²) in [5.41, 5.74) is 5.62. The molecule has 2 aromatic heterocycles. The minimum absolute atomic E-state index is 0.173. The first-order valence-corrected chi connectivity index (χ1v) is 6.14. The van der Waals surface area contributed by atoms with Gasteiger partial charge in [0.05, 0.1) is 5.56 Å². The SMILES string of the molecule is NC(=O)c1ccsc1NC(=O)c1cc(Cl)ccn1. The molecule has 92 valence electrons. The van der Waals surface area contributed by atoms with Crippen molar-refractivity contribution >= 4 is 39.8 Å². The van der Waals surface area contributed by atoms with E-state index < -0.39 is 11.8 Å². The molecule has 2 amide bonds. The Labute approximate surface area is 112 Å². The summed E-state index contributed by atoms with van der Waals surface area (Å²) < 4.78 is 0. The van der Waals surface area contributed by atoms with Gasteiger partial charge in [-0.15, -0.1) is 11.3 Å². The van der Waals surface area contributed by atoms with E-state index in [4.69, 9.17) is 17.3 Å². The highest BCUT2D eigenvalue weighted by Crippen LogP contribution is 2.23. The summed E-state index contributed by atoms with van der Waals surface area (Å²) in [4.78, 5) is 26.8. The number of thiophene rings is 1. The van der Waals surface area contributed by atoms with Crippen LogP contribution in [0.2, 0.25) is 5.02 Å². The lowest BCUT2D eigenvalue weighted by molar-refractivity contribution is 0.100. The van der Waals surface area contributed by atoms with E-state index in [-0.39, 0.29) is 11.3 Å². The Morgan fingerprint density at radius 1 is 1.39 bits per heavy atom. The van der Waals surface area contributed by atoms with Gasteiger partial charge in [-0.25, -0.2) is 0 Å². The van der Waals surface area contributed by atoms with Crippen molar-refractivity contribution in [2.75, 3.05) is 5.32 Å².